The van der Waals surface area contributed by atoms with Crippen LogP contribution in [0.5, 0.6) is 0 Å². The number of piperidine rings is 1. The van der Waals surface area contributed by atoms with Crippen LogP contribution in [0.2, 0.25) is 0 Å². The number of carbonyl (C=O) groups excluding carboxylic acids is 1. The Labute approximate surface area is 109 Å². The highest BCUT2D eigenvalue weighted by Crippen LogP contribution is 2.08. The summed E-state index contributed by atoms with van der Waals surface area (Å²) in [5, 5.41) is 0. The Morgan fingerprint density at radius 3 is 2.83 bits per heavy atom. The van der Waals surface area contributed by atoms with Crippen LogP contribution >= 0.6 is 0 Å². The number of nitrogens with zero attached hydrogens (tertiary/aromatic N) is 1. The van der Waals surface area contributed by atoms with Crippen LogP contribution in [0.15, 0.2) is 24.3 Å². The zero-order valence-corrected chi connectivity index (χ0v) is 10.7. The molecule has 1 heterocycles. The highest BCUT2D eigenvalue weighted by molar-refractivity contribution is 5.75. The summed E-state index contributed by atoms with van der Waals surface area (Å²) in [7, 11) is 0. The molecule has 0 bridgehead atoms. The lowest BCUT2D eigenvalue weighted by Gasteiger charge is -2.25. The summed E-state index contributed by atoms with van der Waals surface area (Å²) in [6.45, 7) is 3.52. The molecule has 2 rings (SSSR count). The van der Waals surface area contributed by atoms with E-state index in [9.17, 15) is 4.79 Å². The third-order valence-electron chi connectivity index (χ3n) is 3.26. The lowest BCUT2D eigenvalue weighted by molar-refractivity contribution is 0.112. The molecular weight excluding hydrogens is 222 g/mol. The molecule has 0 radical (unpaired) electrons. The summed E-state index contributed by atoms with van der Waals surface area (Å²) in [6.07, 6.45) is 5.80. The van der Waals surface area contributed by atoms with Crippen molar-refractivity contribution in [3.8, 4) is 11.8 Å². The number of benzene rings is 1. The zero-order valence-electron chi connectivity index (χ0n) is 10.7. The summed E-state index contributed by atoms with van der Waals surface area (Å²) >= 11 is 0. The van der Waals surface area contributed by atoms with Crippen molar-refractivity contribution in [1.29, 1.82) is 0 Å². The maximum Gasteiger partial charge on any atom is 0.150 e. The predicted molar refractivity (Wildman–Crippen MR) is 73.6 cm³/mol. The minimum atomic E-state index is 0.692. The fraction of sp³-hybridized carbons (Fsp3) is 0.438. The third-order valence-corrected chi connectivity index (χ3v) is 3.26. The van der Waals surface area contributed by atoms with E-state index in [0.717, 1.165) is 24.8 Å². The third kappa shape index (κ3) is 4.01. The maximum absolute atomic E-state index is 10.6. The van der Waals surface area contributed by atoms with E-state index < -0.39 is 0 Å². The fourth-order valence-corrected chi connectivity index (χ4v) is 2.25. The Balaban J connectivity index is 1.81. The number of hydrogen-bond acceptors (Lipinski definition) is 2. The van der Waals surface area contributed by atoms with Crippen LogP contribution in [0.25, 0.3) is 0 Å². The van der Waals surface area contributed by atoms with Gasteiger partial charge in [-0.25, -0.2) is 0 Å². The minimum absolute atomic E-state index is 0.692. The topological polar surface area (TPSA) is 20.3 Å². The smallest absolute Gasteiger partial charge is 0.150 e. The number of aldehydes is 1. The second-order valence-corrected chi connectivity index (χ2v) is 4.70. The summed E-state index contributed by atoms with van der Waals surface area (Å²) < 4.78 is 0. The van der Waals surface area contributed by atoms with E-state index in [1.54, 1.807) is 6.07 Å². The second kappa shape index (κ2) is 6.98. The molecule has 0 unspecified atom stereocenters. The SMILES string of the molecule is O=Cc1cccc(C#CCCN2CCCCC2)c1. The van der Waals surface area contributed by atoms with Gasteiger partial charge in [-0.1, -0.05) is 30.4 Å². The number of carbonyl (C=O) groups is 1. The van der Waals surface area contributed by atoms with E-state index in [4.69, 9.17) is 0 Å². The highest BCUT2D eigenvalue weighted by atomic mass is 16.1. The number of hydrogen-bond donors (Lipinski definition) is 0. The first-order valence-electron chi connectivity index (χ1n) is 6.65. The molecule has 18 heavy (non-hydrogen) atoms. The summed E-state index contributed by atoms with van der Waals surface area (Å²) in [6, 6.07) is 7.45. The Morgan fingerprint density at radius 1 is 1.22 bits per heavy atom. The Morgan fingerprint density at radius 2 is 2.06 bits per heavy atom. The molecule has 1 saturated heterocycles. The minimum Gasteiger partial charge on any atom is -0.302 e. The van der Waals surface area contributed by atoms with Gasteiger partial charge in [0, 0.05) is 24.1 Å². The molecule has 0 atom stereocenters. The Kier molecular flexibility index (Phi) is 4.99. The van der Waals surface area contributed by atoms with Crippen LogP contribution in [0.1, 0.15) is 41.6 Å². The average molecular weight is 241 g/mol. The van der Waals surface area contributed by atoms with Gasteiger partial charge in [-0.3, -0.25) is 4.79 Å². The normalized spacial score (nSPS) is 15.8. The molecule has 2 heteroatoms. The van der Waals surface area contributed by atoms with Crippen LogP contribution in [0, 0.1) is 11.8 Å². The standard InChI is InChI=1S/C16H19NO/c18-14-16-9-6-8-15(13-16)7-2-5-12-17-10-3-1-4-11-17/h6,8-9,13-14H,1,3-5,10-12H2. The molecule has 0 N–H and O–H groups in total. The molecule has 2 nitrogen and oxygen atoms in total. The van der Waals surface area contributed by atoms with Gasteiger partial charge in [-0.2, -0.15) is 0 Å². The van der Waals surface area contributed by atoms with Crippen molar-refractivity contribution in [2.45, 2.75) is 25.7 Å². The van der Waals surface area contributed by atoms with E-state index in [1.165, 1.54) is 32.4 Å². The molecular formula is C16H19NO. The molecule has 1 aromatic carbocycles. The number of rotatable bonds is 3. The van der Waals surface area contributed by atoms with E-state index in [2.05, 4.69) is 16.7 Å². The molecule has 1 aliphatic rings. The largest absolute Gasteiger partial charge is 0.302 e. The van der Waals surface area contributed by atoms with Crippen LogP contribution in [-0.2, 0) is 0 Å². The summed E-state index contributed by atoms with van der Waals surface area (Å²) in [4.78, 5) is 13.1. The van der Waals surface area contributed by atoms with Crippen molar-refractivity contribution in [3.05, 3.63) is 35.4 Å². The van der Waals surface area contributed by atoms with Crippen molar-refractivity contribution in [2.75, 3.05) is 19.6 Å². The van der Waals surface area contributed by atoms with Gasteiger partial charge in [0.2, 0.25) is 0 Å². The first-order chi connectivity index (χ1) is 8.88. The van der Waals surface area contributed by atoms with Crippen molar-refractivity contribution in [3.63, 3.8) is 0 Å². The molecule has 1 fully saturated rings. The van der Waals surface area contributed by atoms with Gasteiger partial charge in [0.15, 0.2) is 0 Å². The van der Waals surface area contributed by atoms with Gasteiger partial charge < -0.3 is 4.90 Å². The van der Waals surface area contributed by atoms with Crippen LogP contribution < -0.4 is 0 Å². The lowest BCUT2D eigenvalue weighted by atomic mass is 10.1. The predicted octanol–water partition coefficient (Wildman–Crippen LogP) is 2.73. The quantitative estimate of drug-likeness (QED) is 0.599. The van der Waals surface area contributed by atoms with E-state index in [1.807, 2.05) is 18.2 Å². The van der Waals surface area contributed by atoms with Gasteiger partial charge in [0.1, 0.15) is 6.29 Å². The molecule has 94 valence electrons. The van der Waals surface area contributed by atoms with E-state index >= 15 is 0 Å². The lowest BCUT2D eigenvalue weighted by Crippen LogP contribution is -2.30. The summed E-state index contributed by atoms with van der Waals surface area (Å²) in [5.74, 6) is 6.32. The molecule has 0 amide bonds. The fourth-order valence-electron chi connectivity index (χ4n) is 2.25. The Hall–Kier alpha value is -1.59. The van der Waals surface area contributed by atoms with Crippen molar-refractivity contribution < 1.29 is 4.79 Å². The first kappa shape index (κ1) is 12.9. The monoisotopic (exact) mass is 241 g/mol. The second-order valence-electron chi connectivity index (χ2n) is 4.70. The molecule has 0 spiro atoms. The van der Waals surface area contributed by atoms with Crippen LogP contribution in [0.3, 0.4) is 0 Å². The molecule has 0 aliphatic carbocycles. The van der Waals surface area contributed by atoms with Crippen molar-refractivity contribution in [2.24, 2.45) is 0 Å². The molecule has 1 aromatic rings. The Bertz CT molecular complexity index is 450. The van der Waals surface area contributed by atoms with Crippen LogP contribution in [-0.4, -0.2) is 30.8 Å². The van der Waals surface area contributed by atoms with E-state index in [-0.39, 0.29) is 0 Å². The van der Waals surface area contributed by atoms with Crippen LogP contribution in [0.4, 0.5) is 0 Å². The van der Waals surface area contributed by atoms with E-state index in [0.29, 0.717) is 5.56 Å². The molecule has 0 saturated carbocycles. The maximum atomic E-state index is 10.6. The van der Waals surface area contributed by atoms with Gasteiger partial charge in [-0.05, 0) is 38.1 Å². The molecule has 0 aromatic heterocycles. The molecule has 1 aliphatic heterocycles. The van der Waals surface area contributed by atoms with Gasteiger partial charge in [0.25, 0.3) is 0 Å². The average Bonchev–Trinajstić information content (AvgIpc) is 2.45. The number of likely N-dealkylation sites (tertiary alicyclic amines) is 1. The summed E-state index contributed by atoms with van der Waals surface area (Å²) in [5.41, 5.74) is 1.62. The van der Waals surface area contributed by atoms with Gasteiger partial charge in [-0.15, -0.1) is 0 Å². The zero-order chi connectivity index (χ0) is 12.6. The van der Waals surface area contributed by atoms with Gasteiger partial charge >= 0.3 is 0 Å². The first-order valence-corrected chi connectivity index (χ1v) is 6.65. The van der Waals surface area contributed by atoms with Crippen molar-refractivity contribution in [1.82, 2.24) is 4.90 Å². The highest BCUT2D eigenvalue weighted by Gasteiger charge is 2.07. The van der Waals surface area contributed by atoms with Crippen molar-refractivity contribution >= 4 is 6.29 Å². The van der Waals surface area contributed by atoms with Gasteiger partial charge in [0.05, 0.1) is 0 Å².